The highest BCUT2D eigenvalue weighted by atomic mass is 16.1. The number of para-hydroxylation sites is 1. The molecule has 5 nitrogen and oxygen atoms in total. The van der Waals surface area contributed by atoms with E-state index in [0.29, 0.717) is 12.1 Å². The Kier molecular flexibility index (Phi) is 4.02. The molecule has 2 N–H and O–H groups in total. The molecule has 1 amide bonds. The third-order valence-corrected chi connectivity index (χ3v) is 3.87. The van der Waals surface area contributed by atoms with Gasteiger partial charge in [0.05, 0.1) is 16.9 Å². The van der Waals surface area contributed by atoms with Gasteiger partial charge in [-0.05, 0) is 44.5 Å². The lowest BCUT2D eigenvalue weighted by atomic mass is 10.1. The maximum absolute atomic E-state index is 12.3. The van der Waals surface area contributed by atoms with Crippen molar-refractivity contribution < 1.29 is 4.79 Å². The number of benzene rings is 1. The van der Waals surface area contributed by atoms with E-state index in [2.05, 4.69) is 15.4 Å². The summed E-state index contributed by atoms with van der Waals surface area (Å²) in [7, 11) is 0. The third-order valence-electron chi connectivity index (χ3n) is 3.87. The average Bonchev–Trinajstić information content (AvgIpc) is 3.10. The number of hydrogen-bond acceptors (Lipinski definition) is 2. The van der Waals surface area contributed by atoms with Gasteiger partial charge in [0.15, 0.2) is 0 Å². The third kappa shape index (κ3) is 3.04. The van der Waals surface area contributed by atoms with Gasteiger partial charge >= 0.3 is 0 Å². The second-order valence-corrected chi connectivity index (χ2v) is 5.67. The van der Waals surface area contributed by atoms with Crippen LogP contribution in [0.4, 0.5) is 0 Å². The van der Waals surface area contributed by atoms with Gasteiger partial charge < -0.3 is 10.3 Å². The van der Waals surface area contributed by atoms with Gasteiger partial charge in [0.25, 0.3) is 5.91 Å². The van der Waals surface area contributed by atoms with Crippen LogP contribution in [-0.2, 0) is 6.54 Å². The van der Waals surface area contributed by atoms with Crippen molar-refractivity contribution >= 4 is 5.91 Å². The van der Waals surface area contributed by atoms with Crippen molar-refractivity contribution in [3.63, 3.8) is 0 Å². The van der Waals surface area contributed by atoms with E-state index in [0.717, 1.165) is 28.3 Å². The molecule has 23 heavy (non-hydrogen) atoms. The quantitative estimate of drug-likeness (QED) is 0.778. The number of carbonyl (C=O) groups is 1. The Bertz CT molecular complexity index is 844. The van der Waals surface area contributed by atoms with Gasteiger partial charge in [-0.15, -0.1) is 0 Å². The fraction of sp³-hybridized carbons (Fsp3) is 0.222. The topological polar surface area (TPSA) is 62.7 Å². The molecule has 0 atom stereocenters. The number of nitrogens with zero attached hydrogens (tertiary/aromatic N) is 2. The van der Waals surface area contributed by atoms with Crippen LogP contribution in [0.2, 0.25) is 0 Å². The van der Waals surface area contributed by atoms with Gasteiger partial charge in [-0.1, -0.05) is 18.2 Å². The molecule has 0 fully saturated rings. The Balaban J connectivity index is 1.83. The van der Waals surface area contributed by atoms with E-state index in [1.807, 2.05) is 55.8 Å². The number of aromatic amines is 1. The monoisotopic (exact) mass is 308 g/mol. The van der Waals surface area contributed by atoms with Crippen molar-refractivity contribution in [2.24, 2.45) is 0 Å². The molecule has 0 radical (unpaired) electrons. The first-order chi connectivity index (χ1) is 11.1. The number of H-pyrrole nitrogens is 1. The minimum Gasteiger partial charge on any atom is -0.365 e. The molecule has 2 heterocycles. The van der Waals surface area contributed by atoms with E-state index in [1.54, 1.807) is 12.3 Å². The minimum absolute atomic E-state index is 0.0769. The molecule has 5 heteroatoms. The molecule has 0 aliphatic carbocycles. The summed E-state index contributed by atoms with van der Waals surface area (Å²) in [5, 5.41) is 7.51. The summed E-state index contributed by atoms with van der Waals surface area (Å²) in [5.74, 6) is -0.0769. The van der Waals surface area contributed by atoms with Crippen molar-refractivity contribution in [2.75, 3.05) is 0 Å². The van der Waals surface area contributed by atoms with Crippen molar-refractivity contribution in [1.82, 2.24) is 20.1 Å². The maximum atomic E-state index is 12.3. The van der Waals surface area contributed by atoms with Gasteiger partial charge in [-0.3, -0.25) is 4.79 Å². The van der Waals surface area contributed by atoms with Crippen LogP contribution in [0, 0.1) is 20.8 Å². The van der Waals surface area contributed by atoms with Crippen molar-refractivity contribution in [3.8, 4) is 5.69 Å². The maximum Gasteiger partial charge on any atom is 0.253 e. The zero-order valence-corrected chi connectivity index (χ0v) is 13.6. The Labute approximate surface area is 135 Å². The number of aryl methyl sites for hydroxylation is 3. The number of rotatable bonds is 4. The minimum atomic E-state index is -0.0769. The van der Waals surface area contributed by atoms with E-state index < -0.39 is 0 Å². The smallest absolute Gasteiger partial charge is 0.253 e. The van der Waals surface area contributed by atoms with Crippen molar-refractivity contribution in [1.29, 1.82) is 0 Å². The Morgan fingerprint density at radius 1 is 1.22 bits per heavy atom. The highest BCUT2D eigenvalue weighted by Crippen LogP contribution is 2.17. The molecule has 0 unspecified atom stereocenters. The number of amides is 1. The lowest BCUT2D eigenvalue weighted by molar-refractivity contribution is 0.0950. The van der Waals surface area contributed by atoms with E-state index in [1.165, 1.54) is 0 Å². The summed E-state index contributed by atoms with van der Waals surface area (Å²) in [6.45, 7) is 6.35. The van der Waals surface area contributed by atoms with Crippen LogP contribution in [-0.4, -0.2) is 20.7 Å². The van der Waals surface area contributed by atoms with Crippen LogP contribution >= 0.6 is 0 Å². The van der Waals surface area contributed by atoms with Crippen molar-refractivity contribution in [3.05, 3.63) is 70.8 Å². The number of aromatic nitrogens is 3. The molecule has 2 aromatic heterocycles. The van der Waals surface area contributed by atoms with Gasteiger partial charge in [-0.25, -0.2) is 4.68 Å². The second kappa shape index (κ2) is 6.12. The molecule has 0 aliphatic rings. The molecular weight excluding hydrogens is 288 g/mol. The summed E-state index contributed by atoms with van der Waals surface area (Å²) < 4.78 is 1.92. The number of hydrogen-bond donors (Lipinski definition) is 2. The molecule has 0 saturated carbocycles. The van der Waals surface area contributed by atoms with E-state index in [9.17, 15) is 4.79 Å². The lowest BCUT2D eigenvalue weighted by Crippen LogP contribution is -2.24. The van der Waals surface area contributed by atoms with Crippen molar-refractivity contribution in [2.45, 2.75) is 27.3 Å². The van der Waals surface area contributed by atoms with Crippen LogP contribution in [0.3, 0.4) is 0 Å². The van der Waals surface area contributed by atoms with E-state index in [4.69, 9.17) is 0 Å². The highest BCUT2D eigenvalue weighted by Gasteiger charge is 2.12. The zero-order valence-electron chi connectivity index (χ0n) is 13.6. The second-order valence-electron chi connectivity index (χ2n) is 5.67. The summed E-state index contributed by atoms with van der Waals surface area (Å²) in [6, 6.07) is 11.8. The fourth-order valence-corrected chi connectivity index (χ4v) is 2.71. The van der Waals surface area contributed by atoms with Crippen LogP contribution in [0.5, 0.6) is 0 Å². The molecule has 118 valence electrons. The molecule has 0 bridgehead atoms. The summed E-state index contributed by atoms with van der Waals surface area (Å²) in [4.78, 5) is 15.3. The first-order valence-corrected chi connectivity index (χ1v) is 7.60. The number of nitrogens with one attached hydrogen (secondary N) is 2. The molecular formula is C18H20N4O. The first-order valence-electron chi connectivity index (χ1n) is 7.60. The summed E-state index contributed by atoms with van der Waals surface area (Å²) in [6.07, 6.45) is 1.77. The van der Waals surface area contributed by atoms with Crippen LogP contribution in [0.25, 0.3) is 5.69 Å². The molecule has 0 saturated heterocycles. The summed E-state index contributed by atoms with van der Waals surface area (Å²) in [5.41, 5.74) is 5.61. The lowest BCUT2D eigenvalue weighted by Gasteiger charge is -2.12. The Hall–Kier alpha value is -2.82. The Morgan fingerprint density at radius 2 is 2.00 bits per heavy atom. The van der Waals surface area contributed by atoms with E-state index >= 15 is 0 Å². The van der Waals surface area contributed by atoms with Gasteiger partial charge in [0, 0.05) is 24.1 Å². The molecule has 0 spiro atoms. The first kappa shape index (κ1) is 15.1. The van der Waals surface area contributed by atoms with E-state index in [-0.39, 0.29) is 5.91 Å². The summed E-state index contributed by atoms with van der Waals surface area (Å²) >= 11 is 0. The molecule has 1 aromatic carbocycles. The van der Waals surface area contributed by atoms with Crippen LogP contribution < -0.4 is 5.32 Å². The Morgan fingerprint density at radius 3 is 2.65 bits per heavy atom. The molecule has 3 aromatic rings. The van der Waals surface area contributed by atoms with Crippen LogP contribution in [0.1, 0.15) is 33.0 Å². The largest absolute Gasteiger partial charge is 0.365 e. The molecule has 3 rings (SSSR count). The highest BCUT2D eigenvalue weighted by molar-refractivity contribution is 5.95. The SMILES string of the molecule is Cc1cc(C)n(-c2ccccc2CNC(=O)c2cc[nH]c2C)n1. The zero-order chi connectivity index (χ0) is 16.4. The fourth-order valence-electron chi connectivity index (χ4n) is 2.71. The standard InChI is InChI=1S/C18H20N4O/c1-12-10-13(2)22(21-12)17-7-5-4-6-15(17)11-20-18(23)16-8-9-19-14(16)3/h4-10,19H,11H2,1-3H3,(H,20,23). The predicted octanol–water partition coefficient (Wildman–Crippen LogP) is 3.06. The van der Waals surface area contributed by atoms with Gasteiger partial charge in [-0.2, -0.15) is 5.10 Å². The molecule has 0 aliphatic heterocycles. The van der Waals surface area contributed by atoms with Gasteiger partial charge in [0.1, 0.15) is 0 Å². The van der Waals surface area contributed by atoms with Gasteiger partial charge in [0.2, 0.25) is 0 Å². The number of carbonyl (C=O) groups excluding carboxylic acids is 1. The average molecular weight is 308 g/mol. The van der Waals surface area contributed by atoms with Crippen LogP contribution in [0.15, 0.2) is 42.6 Å². The normalized spacial score (nSPS) is 10.7. The predicted molar refractivity (Wildman–Crippen MR) is 89.7 cm³/mol.